The molecule has 8 heteroatoms. The Balaban J connectivity index is 2.50. The van der Waals surface area contributed by atoms with Crippen molar-refractivity contribution in [2.75, 3.05) is 0 Å². The number of benzene rings is 1. The van der Waals surface area contributed by atoms with Gasteiger partial charge in [-0.2, -0.15) is 13.2 Å². The van der Waals surface area contributed by atoms with Crippen LogP contribution >= 0.6 is 0 Å². The van der Waals surface area contributed by atoms with E-state index in [1.165, 1.54) is 6.92 Å². The zero-order chi connectivity index (χ0) is 15.6. The number of nitrogens with zero attached hydrogens (tertiary/aromatic N) is 1. The van der Waals surface area contributed by atoms with Gasteiger partial charge >= 0.3 is 6.18 Å². The maximum atomic E-state index is 12.8. The number of nitrogens with one attached hydrogen (secondary N) is 2. The predicted molar refractivity (Wildman–Crippen MR) is 69.7 cm³/mol. The molecule has 0 saturated carbocycles. The second-order valence-corrected chi connectivity index (χ2v) is 4.45. The van der Waals surface area contributed by atoms with E-state index in [-0.39, 0.29) is 12.1 Å². The molecule has 2 rings (SSSR count). The number of aromatic amines is 2. The number of alkyl halides is 3. The number of oxime groups is 1. The van der Waals surface area contributed by atoms with Gasteiger partial charge in [0.2, 0.25) is 0 Å². The van der Waals surface area contributed by atoms with Crippen molar-refractivity contribution in [3.05, 3.63) is 57.0 Å². The van der Waals surface area contributed by atoms with Crippen LogP contribution in [0.25, 0.3) is 0 Å². The van der Waals surface area contributed by atoms with E-state index in [4.69, 9.17) is 5.21 Å². The van der Waals surface area contributed by atoms with E-state index >= 15 is 0 Å². The van der Waals surface area contributed by atoms with Crippen LogP contribution in [0.1, 0.15) is 29.3 Å². The summed E-state index contributed by atoms with van der Waals surface area (Å²) in [5, 5.41) is 15.7. The second kappa shape index (κ2) is 5.47. The van der Waals surface area contributed by atoms with Crippen LogP contribution in [0.3, 0.4) is 0 Å². The lowest BCUT2D eigenvalue weighted by Crippen LogP contribution is -2.14. The highest BCUT2D eigenvalue weighted by atomic mass is 19.4. The van der Waals surface area contributed by atoms with Crippen LogP contribution in [-0.2, 0) is 12.6 Å². The van der Waals surface area contributed by atoms with Crippen LogP contribution in [0.15, 0.2) is 34.2 Å². The van der Waals surface area contributed by atoms with Crippen molar-refractivity contribution >= 4 is 5.71 Å². The summed E-state index contributed by atoms with van der Waals surface area (Å²) >= 11 is 0. The van der Waals surface area contributed by atoms with E-state index in [9.17, 15) is 18.0 Å². The fourth-order valence-electron chi connectivity index (χ4n) is 2.07. The number of halogens is 3. The molecule has 0 radical (unpaired) electrons. The summed E-state index contributed by atoms with van der Waals surface area (Å²) in [6.07, 6.45) is -4.87. The number of hydrogen-bond acceptors (Lipinski definition) is 3. The largest absolute Gasteiger partial charge is 0.433 e. The second-order valence-electron chi connectivity index (χ2n) is 4.45. The SMILES string of the molecule is CC(=NO)c1ccccc1Cc1c(C(F)(F)F)[nH][nH]c1=O. The van der Waals surface area contributed by atoms with E-state index < -0.39 is 23.0 Å². The molecule has 21 heavy (non-hydrogen) atoms. The Labute approximate surface area is 117 Å². The molecule has 0 atom stereocenters. The number of aromatic nitrogens is 2. The molecule has 5 nitrogen and oxygen atoms in total. The first-order valence-corrected chi connectivity index (χ1v) is 5.98. The van der Waals surface area contributed by atoms with Crippen molar-refractivity contribution in [2.45, 2.75) is 19.5 Å². The smallest absolute Gasteiger partial charge is 0.411 e. The van der Waals surface area contributed by atoms with Gasteiger partial charge in [-0.25, -0.2) is 0 Å². The third kappa shape index (κ3) is 2.99. The van der Waals surface area contributed by atoms with Gasteiger partial charge in [-0.3, -0.25) is 15.0 Å². The molecule has 0 aliphatic carbocycles. The summed E-state index contributed by atoms with van der Waals surface area (Å²) in [5.41, 5.74) is -1.12. The third-order valence-electron chi connectivity index (χ3n) is 3.08. The van der Waals surface area contributed by atoms with Gasteiger partial charge in [0.1, 0.15) is 5.69 Å². The molecule has 112 valence electrons. The summed E-state index contributed by atoms with van der Waals surface area (Å²) < 4.78 is 38.5. The Morgan fingerprint density at radius 1 is 1.29 bits per heavy atom. The quantitative estimate of drug-likeness (QED) is 0.462. The van der Waals surface area contributed by atoms with E-state index in [0.717, 1.165) is 0 Å². The molecule has 0 spiro atoms. The average Bonchev–Trinajstić information content (AvgIpc) is 2.80. The van der Waals surface area contributed by atoms with Crippen LogP contribution in [0, 0.1) is 0 Å². The van der Waals surface area contributed by atoms with Gasteiger partial charge < -0.3 is 5.21 Å². The van der Waals surface area contributed by atoms with Crippen LogP contribution in [-0.4, -0.2) is 21.1 Å². The summed E-state index contributed by atoms with van der Waals surface area (Å²) in [7, 11) is 0. The Kier molecular flexibility index (Phi) is 3.88. The average molecular weight is 299 g/mol. The fourth-order valence-corrected chi connectivity index (χ4v) is 2.07. The standard InChI is InChI=1S/C13H12F3N3O2/c1-7(19-21)9-5-3-2-4-8(9)6-10-11(13(14,15)16)17-18-12(10)20/h2-5,21H,6H2,1H3,(H2,17,18,20). The molecule has 1 aromatic heterocycles. The molecule has 0 bridgehead atoms. The lowest BCUT2D eigenvalue weighted by atomic mass is 9.97. The molecule has 0 aliphatic heterocycles. The van der Waals surface area contributed by atoms with Crippen molar-refractivity contribution in [1.29, 1.82) is 0 Å². The first-order valence-electron chi connectivity index (χ1n) is 5.98. The molecular formula is C13H12F3N3O2. The molecule has 1 aromatic carbocycles. The van der Waals surface area contributed by atoms with Crippen LogP contribution in [0.5, 0.6) is 0 Å². The maximum absolute atomic E-state index is 12.8. The van der Waals surface area contributed by atoms with Gasteiger partial charge in [0, 0.05) is 12.0 Å². The summed E-state index contributed by atoms with van der Waals surface area (Å²) in [6, 6.07) is 6.49. The minimum absolute atomic E-state index is 0.225. The van der Waals surface area contributed by atoms with Crippen LogP contribution in [0.4, 0.5) is 13.2 Å². The van der Waals surface area contributed by atoms with Gasteiger partial charge in [0.15, 0.2) is 0 Å². The number of H-pyrrole nitrogens is 2. The Morgan fingerprint density at radius 2 is 1.95 bits per heavy atom. The normalized spacial score (nSPS) is 12.7. The molecular weight excluding hydrogens is 287 g/mol. The van der Waals surface area contributed by atoms with E-state index in [1.54, 1.807) is 24.3 Å². The Morgan fingerprint density at radius 3 is 2.57 bits per heavy atom. The monoisotopic (exact) mass is 299 g/mol. The van der Waals surface area contributed by atoms with E-state index in [0.29, 0.717) is 11.1 Å². The highest BCUT2D eigenvalue weighted by Gasteiger charge is 2.36. The fraction of sp³-hybridized carbons (Fsp3) is 0.231. The van der Waals surface area contributed by atoms with Gasteiger partial charge in [0.25, 0.3) is 5.56 Å². The summed E-state index contributed by atoms with van der Waals surface area (Å²) in [4.78, 5) is 11.6. The zero-order valence-electron chi connectivity index (χ0n) is 11.0. The third-order valence-corrected chi connectivity index (χ3v) is 3.08. The minimum atomic E-state index is -4.65. The predicted octanol–water partition coefficient (Wildman–Crippen LogP) is 2.51. The van der Waals surface area contributed by atoms with Crippen LogP contribution in [0.2, 0.25) is 0 Å². The van der Waals surface area contributed by atoms with Gasteiger partial charge in [0.05, 0.1) is 11.3 Å². The van der Waals surface area contributed by atoms with E-state index in [1.807, 2.05) is 10.2 Å². The Bertz CT molecular complexity index is 729. The molecule has 0 amide bonds. The zero-order valence-corrected chi connectivity index (χ0v) is 11.0. The van der Waals surface area contributed by atoms with Crippen LogP contribution < -0.4 is 5.56 Å². The molecule has 1 heterocycles. The lowest BCUT2D eigenvalue weighted by molar-refractivity contribution is -0.141. The van der Waals surface area contributed by atoms with Crippen molar-refractivity contribution in [3.63, 3.8) is 0 Å². The highest BCUT2D eigenvalue weighted by Crippen LogP contribution is 2.30. The van der Waals surface area contributed by atoms with E-state index in [2.05, 4.69) is 5.16 Å². The molecule has 0 saturated heterocycles. The minimum Gasteiger partial charge on any atom is -0.411 e. The van der Waals surface area contributed by atoms with Gasteiger partial charge in [-0.15, -0.1) is 0 Å². The molecule has 0 fully saturated rings. The summed E-state index contributed by atoms with van der Waals surface area (Å²) in [6.45, 7) is 1.52. The first-order chi connectivity index (χ1) is 9.84. The first kappa shape index (κ1) is 14.9. The summed E-state index contributed by atoms with van der Waals surface area (Å²) in [5.74, 6) is 0. The van der Waals surface area contributed by atoms with Crippen molar-refractivity contribution < 1.29 is 18.4 Å². The lowest BCUT2D eigenvalue weighted by Gasteiger charge is -2.09. The maximum Gasteiger partial charge on any atom is 0.433 e. The number of rotatable bonds is 3. The van der Waals surface area contributed by atoms with Crippen molar-refractivity contribution in [2.24, 2.45) is 5.16 Å². The van der Waals surface area contributed by atoms with Gasteiger partial charge in [-0.05, 0) is 12.5 Å². The molecule has 3 N–H and O–H groups in total. The topological polar surface area (TPSA) is 81.2 Å². The number of hydrogen-bond donors (Lipinski definition) is 3. The molecule has 2 aromatic rings. The van der Waals surface area contributed by atoms with Crippen molar-refractivity contribution in [3.8, 4) is 0 Å². The highest BCUT2D eigenvalue weighted by molar-refractivity contribution is 5.99. The van der Waals surface area contributed by atoms with Crippen molar-refractivity contribution in [1.82, 2.24) is 10.2 Å². The Hall–Kier alpha value is -2.51. The van der Waals surface area contributed by atoms with Gasteiger partial charge in [-0.1, -0.05) is 29.4 Å². The molecule has 0 unspecified atom stereocenters. The molecule has 0 aliphatic rings.